The van der Waals surface area contributed by atoms with Gasteiger partial charge in [0.25, 0.3) is 0 Å². The number of ether oxygens (including phenoxy) is 1. The fraction of sp³-hybridized carbons (Fsp3) is 0.323. The highest BCUT2D eigenvalue weighted by Gasteiger charge is 2.29. The van der Waals surface area contributed by atoms with Crippen molar-refractivity contribution in [3.8, 4) is 0 Å². The van der Waals surface area contributed by atoms with Crippen LogP contribution in [-0.4, -0.2) is 48.4 Å². The number of rotatable bonds is 10. The highest BCUT2D eigenvalue weighted by atomic mass is 16.5. The predicted molar refractivity (Wildman–Crippen MR) is 153 cm³/mol. The molecule has 1 heterocycles. The number of amides is 1. The van der Waals surface area contributed by atoms with E-state index >= 15 is 0 Å². The first kappa shape index (κ1) is 27.9. The minimum atomic E-state index is -0.399. The number of piperidine rings is 1. The van der Waals surface area contributed by atoms with Gasteiger partial charge in [0, 0.05) is 25.7 Å². The Kier molecular flexibility index (Phi) is 9.69. The molecule has 1 aliphatic heterocycles. The lowest BCUT2D eigenvalue weighted by molar-refractivity contribution is -0.147. The average Bonchev–Trinajstić information content (AvgIpc) is 2.96. The van der Waals surface area contributed by atoms with E-state index in [1.807, 2.05) is 85.8 Å². The Labute approximate surface area is 230 Å². The number of nitrogens with zero attached hydrogens (tertiary/aromatic N) is 2. The summed E-state index contributed by atoms with van der Waals surface area (Å²) in [6.07, 6.45) is 1.60. The summed E-state index contributed by atoms with van der Waals surface area (Å²) in [4.78, 5) is 32.7. The van der Waals surface area contributed by atoms with Gasteiger partial charge in [-0.05, 0) is 42.5 Å². The van der Waals surface area contributed by atoms with Gasteiger partial charge in [0.1, 0.15) is 6.61 Å². The third-order valence-electron chi connectivity index (χ3n) is 7.13. The van der Waals surface area contributed by atoms with Crippen LogP contribution in [0.3, 0.4) is 0 Å². The zero-order chi connectivity index (χ0) is 27.6. The topological polar surface area (TPSA) is 123 Å². The molecule has 0 spiro atoms. The maximum Gasteiger partial charge on any atom is 0.315 e. The van der Waals surface area contributed by atoms with E-state index < -0.39 is 5.92 Å². The molecule has 0 aliphatic carbocycles. The third-order valence-corrected chi connectivity index (χ3v) is 7.13. The highest BCUT2D eigenvalue weighted by molar-refractivity contribution is 5.86. The molecule has 8 nitrogen and oxygen atoms in total. The summed E-state index contributed by atoms with van der Waals surface area (Å²) in [6, 6.07) is 26.9. The molecule has 39 heavy (non-hydrogen) atoms. The van der Waals surface area contributed by atoms with Crippen LogP contribution in [0.5, 0.6) is 0 Å². The quantitative estimate of drug-likeness (QED) is 0.209. The smallest absolute Gasteiger partial charge is 0.315 e. The molecule has 5 N–H and O–H groups in total. The van der Waals surface area contributed by atoms with Gasteiger partial charge in [-0.2, -0.15) is 0 Å². The minimum absolute atomic E-state index is 0.0415. The molecule has 204 valence electrons. The number of likely N-dealkylation sites (tertiary alicyclic amines) is 1. The Morgan fingerprint density at radius 1 is 0.949 bits per heavy atom. The molecule has 3 aromatic carbocycles. The second kappa shape index (κ2) is 13.6. The fourth-order valence-electron chi connectivity index (χ4n) is 4.91. The first-order valence-electron chi connectivity index (χ1n) is 13.4. The summed E-state index contributed by atoms with van der Waals surface area (Å²) in [7, 11) is 0. The number of hydrogen-bond acceptors (Lipinski definition) is 5. The lowest BCUT2D eigenvalue weighted by Crippen LogP contribution is -2.47. The van der Waals surface area contributed by atoms with Gasteiger partial charge < -0.3 is 26.4 Å². The number of carbonyl (C=O) groups is 2. The van der Waals surface area contributed by atoms with Gasteiger partial charge in [0.15, 0.2) is 5.96 Å². The van der Waals surface area contributed by atoms with Crippen LogP contribution in [-0.2, 0) is 20.9 Å². The Morgan fingerprint density at radius 2 is 1.56 bits per heavy atom. The zero-order valence-electron chi connectivity index (χ0n) is 22.3. The summed E-state index contributed by atoms with van der Waals surface area (Å²) < 4.78 is 5.71. The maximum absolute atomic E-state index is 13.2. The number of para-hydroxylation sites is 1. The van der Waals surface area contributed by atoms with Crippen molar-refractivity contribution in [1.29, 1.82) is 0 Å². The van der Waals surface area contributed by atoms with E-state index in [4.69, 9.17) is 16.2 Å². The molecule has 2 unspecified atom stereocenters. The molecule has 1 fully saturated rings. The van der Waals surface area contributed by atoms with Crippen LogP contribution in [0.15, 0.2) is 89.9 Å². The predicted octanol–water partition coefficient (Wildman–Crippen LogP) is 3.80. The van der Waals surface area contributed by atoms with Crippen LogP contribution < -0.4 is 16.8 Å². The van der Waals surface area contributed by atoms with Gasteiger partial charge in [0.05, 0.1) is 17.5 Å². The van der Waals surface area contributed by atoms with E-state index in [2.05, 4.69) is 15.2 Å². The monoisotopic (exact) mass is 527 g/mol. The molecule has 1 aliphatic rings. The zero-order valence-corrected chi connectivity index (χ0v) is 22.3. The number of guanidine groups is 1. The Hall–Kier alpha value is -4.17. The van der Waals surface area contributed by atoms with Crippen LogP contribution in [0, 0.1) is 0 Å². The molecule has 4 rings (SSSR count). The third kappa shape index (κ3) is 7.91. The van der Waals surface area contributed by atoms with Crippen molar-refractivity contribution < 1.29 is 14.3 Å². The summed E-state index contributed by atoms with van der Waals surface area (Å²) in [5.41, 5.74) is 14.4. The van der Waals surface area contributed by atoms with Crippen molar-refractivity contribution in [1.82, 2.24) is 10.2 Å². The first-order valence-corrected chi connectivity index (χ1v) is 13.4. The molecule has 0 saturated carbocycles. The Bertz CT molecular complexity index is 1250. The van der Waals surface area contributed by atoms with Crippen molar-refractivity contribution in [2.75, 3.05) is 19.6 Å². The van der Waals surface area contributed by atoms with Crippen molar-refractivity contribution >= 4 is 23.5 Å². The molecule has 0 bridgehead atoms. The van der Waals surface area contributed by atoms with Crippen molar-refractivity contribution in [3.05, 3.63) is 102 Å². The second-order valence-electron chi connectivity index (χ2n) is 9.96. The van der Waals surface area contributed by atoms with Gasteiger partial charge in [0.2, 0.25) is 5.91 Å². The molecule has 1 saturated heterocycles. The van der Waals surface area contributed by atoms with Crippen LogP contribution in [0.2, 0.25) is 0 Å². The van der Waals surface area contributed by atoms with Gasteiger partial charge in [-0.25, -0.2) is 4.99 Å². The van der Waals surface area contributed by atoms with E-state index in [-0.39, 0.29) is 36.4 Å². The van der Waals surface area contributed by atoms with Crippen LogP contribution in [0.25, 0.3) is 0 Å². The number of hydrogen-bond donors (Lipinski definition) is 3. The molecule has 3 aromatic rings. The Balaban J connectivity index is 1.33. The van der Waals surface area contributed by atoms with E-state index in [1.54, 1.807) is 6.07 Å². The van der Waals surface area contributed by atoms with E-state index in [0.717, 1.165) is 42.6 Å². The standard InChI is InChI=1S/C31H37N5O3/c1-22(26-14-8-9-15-28(26)35-31(32)33)29(37)34-25-16-18-36(19-17-25)20-27(24-12-6-3-7-13-24)30(38)39-21-23-10-4-2-5-11-23/h2-15,22,25,27H,16-21H2,1H3,(H,34,37)(H4,32,33,35). The summed E-state index contributed by atoms with van der Waals surface area (Å²) in [6.45, 7) is 4.23. The van der Waals surface area contributed by atoms with Crippen LogP contribution >= 0.6 is 0 Å². The molecule has 2 atom stereocenters. The van der Waals surface area contributed by atoms with Gasteiger partial charge in [-0.1, -0.05) is 78.9 Å². The molecule has 0 aromatic heterocycles. The largest absolute Gasteiger partial charge is 0.460 e. The first-order chi connectivity index (χ1) is 18.9. The van der Waals surface area contributed by atoms with Crippen molar-refractivity contribution in [2.24, 2.45) is 16.5 Å². The molecular formula is C31H37N5O3. The Morgan fingerprint density at radius 3 is 2.23 bits per heavy atom. The summed E-state index contributed by atoms with van der Waals surface area (Å²) in [5.74, 6) is -1.11. The number of nitrogens with one attached hydrogen (secondary N) is 1. The van der Waals surface area contributed by atoms with E-state index in [0.29, 0.717) is 12.2 Å². The lowest BCUT2D eigenvalue weighted by atomic mass is 9.95. The molecule has 0 radical (unpaired) electrons. The SMILES string of the molecule is CC(C(=O)NC1CCN(CC(C(=O)OCc2ccccc2)c2ccccc2)CC1)c1ccccc1N=C(N)N. The van der Waals surface area contributed by atoms with Gasteiger partial charge >= 0.3 is 5.97 Å². The van der Waals surface area contributed by atoms with Gasteiger partial charge in [-0.15, -0.1) is 0 Å². The maximum atomic E-state index is 13.2. The number of aliphatic imine (C=N–C) groups is 1. The minimum Gasteiger partial charge on any atom is -0.460 e. The number of benzene rings is 3. The number of carbonyl (C=O) groups excluding carboxylic acids is 2. The van der Waals surface area contributed by atoms with E-state index in [1.165, 1.54) is 0 Å². The van der Waals surface area contributed by atoms with Crippen LogP contribution in [0.4, 0.5) is 5.69 Å². The fourth-order valence-corrected chi connectivity index (χ4v) is 4.91. The van der Waals surface area contributed by atoms with E-state index in [9.17, 15) is 9.59 Å². The normalized spacial score (nSPS) is 15.6. The average molecular weight is 528 g/mol. The molecular weight excluding hydrogens is 490 g/mol. The van der Waals surface area contributed by atoms with Crippen molar-refractivity contribution in [3.63, 3.8) is 0 Å². The lowest BCUT2D eigenvalue weighted by Gasteiger charge is -2.34. The van der Waals surface area contributed by atoms with Gasteiger partial charge in [-0.3, -0.25) is 9.59 Å². The number of nitrogens with two attached hydrogens (primary N) is 2. The highest BCUT2D eigenvalue weighted by Crippen LogP contribution is 2.28. The second-order valence-corrected chi connectivity index (χ2v) is 9.96. The summed E-state index contributed by atoms with van der Waals surface area (Å²) >= 11 is 0. The molecule has 8 heteroatoms. The van der Waals surface area contributed by atoms with Crippen molar-refractivity contribution in [2.45, 2.75) is 44.2 Å². The number of esters is 1. The molecule has 1 amide bonds. The summed E-state index contributed by atoms with van der Waals surface area (Å²) in [5, 5.41) is 3.20. The van der Waals surface area contributed by atoms with Crippen LogP contribution in [0.1, 0.15) is 48.3 Å².